The van der Waals surface area contributed by atoms with Gasteiger partial charge >= 0.3 is 12.1 Å². The molecule has 1 aliphatic rings. The van der Waals surface area contributed by atoms with Gasteiger partial charge in [0.2, 0.25) is 0 Å². The van der Waals surface area contributed by atoms with Gasteiger partial charge in [-0.2, -0.15) is 13.2 Å². The number of esters is 1. The Balaban J connectivity index is 1.80. The van der Waals surface area contributed by atoms with Crippen LogP contribution in [0.4, 0.5) is 18.9 Å². The normalized spacial score (nSPS) is 16.6. The molecule has 0 radical (unpaired) electrons. The van der Waals surface area contributed by atoms with Crippen molar-refractivity contribution in [2.75, 3.05) is 12.4 Å². The van der Waals surface area contributed by atoms with E-state index in [0.29, 0.717) is 17.7 Å². The van der Waals surface area contributed by atoms with E-state index in [-0.39, 0.29) is 6.04 Å². The maximum Gasteiger partial charge on any atom is 0.416 e. The van der Waals surface area contributed by atoms with Crippen molar-refractivity contribution in [3.05, 3.63) is 64.7 Å². The molecule has 1 heterocycles. The fourth-order valence-corrected chi connectivity index (χ4v) is 2.69. The number of benzene rings is 2. The minimum Gasteiger partial charge on any atom is -0.465 e. The molecule has 3 rings (SSSR count). The zero-order valence-corrected chi connectivity index (χ0v) is 12.3. The Morgan fingerprint density at radius 3 is 2.48 bits per heavy atom. The summed E-state index contributed by atoms with van der Waals surface area (Å²) in [6.45, 7) is 0. The maximum absolute atomic E-state index is 12.8. The van der Waals surface area contributed by atoms with Gasteiger partial charge in [0.25, 0.3) is 0 Å². The predicted octanol–water partition coefficient (Wildman–Crippen LogP) is 4.20. The van der Waals surface area contributed by atoms with Crippen molar-refractivity contribution in [3.8, 4) is 0 Å². The molecule has 0 amide bonds. The smallest absolute Gasteiger partial charge is 0.416 e. The predicted molar refractivity (Wildman–Crippen MR) is 79.3 cm³/mol. The molecule has 0 spiro atoms. The summed E-state index contributed by atoms with van der Waals surface area (Å²) in [5.41, 5.74) is 2.03. The number of halogens is 3. The lowest BCUT2D eigenvalue weighted by atomic mass is 10.0. The average Bonchev–Trinajstić information content (AvgIpc) is 2.96. The summed E-state index contributed by atoms with van der Waals surface area (Å²) in [5.74, 6) is -0.422. The van der Waals surface area contributed by atoms with E-state index >= 15 is 0 Å². The number of hydrogen-bond donors (Lipinski definition) is 1. The van der Waals surface area contributed by atoms with Crippen molar-refractivity contribution in [2.24, 2.45) is 0 Å². The summed E-state index contributed by atoms with van der Waals surface area (Å²) in [6.07, 6.45) is -3.75. The molecule has 1 unspecified atom stereocenters. The Labute approximate surface area is 131 Å². The molecule has 120 valence electrons. The highest BCUT2D eigenvalue weighted by molar-refractivity contribution is 5.89. The lowest BCUT2D eigenvalue weighted by Crippen LogP contribution is -2.07. The lowest BCUT2D eigenvalue weighted by molar-refractivity contribution is -0.137. The van der Waals surface area contributed by atoms with Crippen molar-refractivity contribution in [1.82, 2.24) is 0 Å². The highest BCUT2D eigenvalue weighted by Crippen LogP contribution is 2.38. The summed E-state index contributed by atoms with van der Waals surface area (Å²) >= 11 is 0. The van der Waals surface area contributed by atoms with E-state index in [1.54, 1.807) is 24.3 Å². The van der Waals surface area contributed by atoms with Crippen LogP contribution in [0.2, 0.25) is 0 Å². The molecule has 1 N–H and O–H groups in total. The van der Waals surface area contributed by atoms with E-state index in [9.17, 15) is 18.0 Å². The van der Waals surface area contributed by atoms with Crippen LogP contribution in [0.1, 0.15) is 33.1 Å². The first-order chi connectivity index (χ1) is 10.9. The van der Waals surface area contributed by atoms with Gasteiger partial charge in [-0.05, 0) is 41.8 Å². The summed E-state index contributed by atoms with van der Waals surface area (Å²) in [7, 11) is 1.31. The molecule has 0 fully saturated rings. The van der Waals surface area contributed by atoms with Crippen molar-refractivity contribution in [1.29, 1.82) is 0 Å². The third-order valence-corrected chi connectivity index (χ3v) is 3.93. The number of fused-ring (bicyclic) bond motifs is 1. The second-order valence-corrected chi connectivity index (χ2v) is 5.38. The topological polar surface area (TPSA) is 38.3 Å². The monoisotopic (exact) mass is 321 g/mol. The summed E-state index contributed by atoms with van der Waals surface area (Å²) in [5, 5.41) is 3.11. The number of alkyl halides is 3. The zero-order valence-electron chi connectivity index (χ0n) is 12.3. The number of nitrogens with one attached hydrogen (secondary N) is 1. The summed E-state index contributed by atoms with van der Waals surface area (Å²) in [4.78, 5) is 11.4. The third kappa shape index (κ3) is 3.02. The first-order valence-electron chi connectivity index (χ1n) is 7.03. The highest BCUT2D eigenvalue weighted by Gasteiger charge is 2.32. The summed E-state index contributed by atoms with van der Waals surface area (Å²) < 4.78 is 42.9. The van der Waals surface area contributed by atoms with Crippen LogP contribution in [0.15, 0.2) is 42.5 Å². The number of anilines is 1. The second kappa shape index (κ2) is 5.61. The van der Waals surface area contributed by atoms with E-state index in [2.05, 4.69) is 10.1 Å². The van der Waals surface area contributed by atoms with Gasteiger partial charge < -0.3 is 10.1 Å². The molecule has 2 aromatic rings. The molecule has 1 atom stereocenters. The van der Waals surface area contributed by atoms with E-state index in [0.717, 1.165) is 23.3 Å². The first kappa shape index (κ1) is 15.4. The standard InChI is InChI=1S/C17H14F3NO2/c1-23-16(22)11-4-2-10(3-5-11)14-8-12-6-7-13(17(18,19)20)9-15(12)21-14/h2-7,9,14,21H,8H2,1H3. The Morgan fingerprint density at radius 1 is 1.17 bits per heavy atom. The Morgan fingerprint density at radius 2 is 1.87 bits per heavy atom. The quantitative estimate of drug-likeness (QED) is 0.843. The van der Waals surface area contributed by atoms with Crippen molar-refractivity contribution < 1.29 is 22.7 Å². The maximum atomic E-state index is 12.8. The molecule has 2 aromatic carbocycles. The zero-order chi connectivity index (χ0) is 16.6. The Kier molecular flexibility index (Phi) is 3.75. The van der Waals surface area contributed by atoms with E-state index in [1.807, 2.05) is 0 Å². The second-order valence-electron chi connectivity index (χ2n) is 5.38. The molecule has 3 nitrogen and oxygen atoms in total. The van der Waals surface area contributed by atoms with Crippen molar-refractivity contribution in [3.63, 3.8) is 0 Å². The van der Waals surface area contributed by atoms with Gasteiger partial charge in [0.1, 0.15) is 0 Å². The largest absolute Gasteiger partial charge is 0.465 e. The van der Waals surface area contributed by atoms with Crippen molar-refractivity contribution in [2.45, 2.75) is 18.6 Å². The van der Waals surface area contributed by atoms with Gasteiger partial charge in [0.05, 0.1) is 24.3 Å². The molecule has 6 heteroatoms. The highest BCUT2D eigenvalue weighted by atomic mass is 19.4. The van der Waals surface area contributed by atoms with Crippen LogP contribution in [0, 0.1) is 0 Å². The molecular formula is C17H14F3NO2. The Hall–Kier alpha value is -2.50. The SMILES string of the molecule is COC(=O)c1ccc(C2Cc3ccc(C(F)(F)F)cc3N2)cc1. The van der Waals surface area contributed by atoms with Gasteiger partial charge in [-0.1, -0.05) is 18.2 Å². The molecule has 0 saturated heterocycles. The van der Waals surface area contributed by atoms with Crippen LogP contribution in [-0.4, -0.2) is 13.1 Å². The fraction of sp³-hybridized carbons (Fsp3) is 0.235. The van der Waals surface area contributed by atoms with Crippen LogP contribution >= 0.6 is 0 Å². The molecule has 23 heavy (non-hydrogen) atoms. The first-order valence-corrected chi connectivity index (χ1v) is 7.03. The molecule has 0 saturated carbocycles. The fourth-order valence-electron chi connectivity index (χ4n) is 2.69. The van der Waals surface area contributed by atoms with E-state index in [4.69, 9.17) is 0 Å². The van der Waals surface area contributed by atoms with Crippen LogP contribution in [-0.2, 0) is 17.3 Å². The van der Waals surface area contributed by atoms with Gasteiger partial charge in [0.15, 0.2) is 0 Å². The summed E-state index contributed by atoms with van der Waals surface area (Å²) in [6, 6.07) is 10.5. The molecular weight excluding hydrogens is 307 g/mol. The van der Waals surface area contributed by atoms with Crippen LogP contribution in [0.25, 0.3) is 0 Å². The van der Waals surface area contributed by atoms with Crippen LogP contribution in [0.5, 0.6) is 0 Å². The number of carbonyl (C=O) groups excluding carboxylic acids is 1. The van der Waals surface area contributed by atoms with Gasteiger partial charge in [-0.15, -0.1) is 0 Å². The lowest BCUT2D eigenvalue weighted by Gasteiger charge is -2.12. The number of carbonyl (C=O) groups is 1. The number of methoxy groups -OCH3 is 1. The molecule has 0 aliphatic carbocycles. The van der Waals surface area contributed by atoms with Gasteiger partial charge in [-0.25, -0.2) is 4.79 Å². The minimum absolute atomic E-state index is 0.111. The number of hydrogen-bond acceptors (Lipinski definition) is 3. The average molecular weight is 321 g/mol. The number of rotatable bonds is 2. The van der Waals surface area contributed by atoms with Crippen molar-refractivity contribution >= 4 is 11.7 Å². The van der Waals surface area contributed by atoms with Crippen LogP contribution in [0.3, 0.4) is 0 Å². The van der Waals surface area contributed by atoms with E-state index < -0.39 is 17.7 Å². The minimum atomic E-state index is -4.35. The van der Waals surface area contributed by atoms with Crippen LogP contribution < -0.4 is 5.32 Å². The Bertz CT molecular complexity index is 738. The third-order valence-electron chi connectivity index (χ3n) is 3.93. The van der Waals surface area contributed by atoms with E-state index in [1.165, 1.54) is 13.2 Å². The molecule has 1 aliphatic heterocycles. The molecule has 0 aromatic heterocycles. The number of ether oxygens (including phenoxy) is 1. The van der Waals surface area contributed by atoms with Gasteiger partial charge in [0, 0.05) is 5.69 Å². The molecule has 0 bridgehead atoms. The van der Waals surface area contributed by atoms with Gasteiger partial charge in [-0.3, -0.25) is 0 Å².